The Hall–Kier alpha value is -1.42. The zero-order chi connectivity index (χ0) is 9.84. The highest BCUT2D eigenvalue weighted by atomic mass is 16.5. The van der Waals surface area contributed by atoms with Gasteiger partial charge in [-0.2, -0.15) is 0 Å². The Bertz CT molecular complexity index is 288. The van der Waals surface area contributed by atoms with Crippen LogP contribution < -0.4 is 0 Å². The third-order valence-corrected chi connectivity index (χ3v) is 1.66. The molecule has 0 heterocycles. The van der Waals surface area contributed by atoms with Gasteiger partial charge in [0, 0.05) is 6.61 Å². The summed E-state index contributed by atoms with van der Waals surface area (Å²) in [6.07, 6.45) is 3.17. The van der Waals surface area contributed by atoms with Crippen LogP contribution in [-0.2, 0) is 14.3 Å². The van der Waals surface area contributed by atoms with E-state index in [9.17, 15) is 9.59 Å². The summed E-state index contributed by atoms with van der Waals surface area (Å²) in [5, 5.41) is 8.72. The van der Waals surface area contributed by atoms with Crippen molar-refractivity contribution in [1.29, 1.82) is 0 Å². The second-order valence-corrected chi connectivity index (χ2v) is 2.52. The number of ketones is 1. The topological polar surface area (TPSA) is 63.6 Å². The van der Waals surface area contributed by atoms with Gasteiger partial charge in [0.2, 0.25) is 0 Å². The van der Waals surface area contributed by atoms with Crippen LogP contribution in [0.5, 0.6) is 0 Å². The number of hydrogen-bond acceptors (Lipinski definition) is 3. The molecule has 0 amide bonds. The van der Waals surface area contributed by atoms with Crippen LogP contribution >= 0.6 is 0 Å². The fourth-order valence-corrected chi connectivity index (χ4v) is 1.10. The number of rotatable bonds is 3. The number of ether oxygens (including phenoxy) is 1. The van der Waals surface area contributed by atoms with Gasteiger partial charge in [-0.3, -0.25) is 4.79 Å². The van der Waals surface area contributed by atoms with E-state index in [1.807, 2.05) is 0 Å². The van der Waals surface area contributed by atoms with Crippen molar-refractivity contribution >= 4 is 11.8 Å². The molecule has 1 atom stereocenters. The van der Waals surface area contributed by atoms with E-state index in [0.29, 0.717) is 6.61 Å². The normalized spacial score (nSPS) is 21.5. The van der Waals surface area contributed by atoms with Gasteiger partial charge in [-0.1, -0.05) is 6.08 Å². The Balaban J connectivity index is 2.88. The molecular weight excluding hydrogens is 172 g/mol. The van der Waals surface area contributed by atoms with Crippen molar-refractivity contribution in [3.63, 3.8) is 0 Å². The molecule has 0 saturated carbocycles. The molecule has 0 spiro atoms. The average Bonchev–Trinajstić information content (AvgIpc) is 2.08. The zero-order valence-electron chi connectivity index (χ0n) is 7.19. The number of allylic oxidation sites excluding steroid dienone is 2. The average molecular weight is 182 g/mol. The van der Waals surface area contributed by atoms with Gasteiger partial charge in [-0.05, 0) is 19.1 Å². The maximum atomic E-state index is 11.2. The Morgan fingerprint density at radius 3 is 2.92 bits per heavy atom. The van der Waals surface area contributed by atoms with Gasteiger partial charge in [-0.15, -0.1) is 0 Å². The summed E-state index contributed by atoms with van der Waals surface area (Å²) < 4.78 is 5.02. The van der Waals surface area contributed by atoms with Gasteiger partial charge in [0.05, 0.1) is 5.57 Å². The van der Waals surface area contributed by atoms with E-state index >= 15 is 0 Å². The van der Waals surface area contributed by atoms with Gasteiger partial charge >= 0.3 is 5.97 Å². The van der Waals surface area contributed by atoms with Crippen molar-refractivity contribution < 1.29 is 19.4 Å². The van der Waals surface area contributed by atoms with Gasteiger partial charge in [-0.25, -0.2) is 4.79 Å². The van der Waals surface area contributed by atoms with Gasteiger partial charge in [0.25, 0.3) is 0 Å². The maximum Gasteiger partial charge on any atom is 0.334 e. The molecule has 4 heteroatoms. The van der Waals surface area contributed by atoms with Crippen LogP contribution in [0.3, 0.4) is 0 Å². The van der Waals surface area contributed by atoms with E-state index in [-0.39, 0.29) is 11.4 Å². The minimum Gasteiger partial charge on any atom is -0.478 e. The minimum absolute atomic E-state index is 0.00523. The van der Waals surface area contributed by atoms with Gasteiger partial charge in [0.15, 0.2) is 11.9 Å². The third-order valence-electron chi connectivity index (χ3n) is 1.66. The molecular formula is C9H10O4. The SMILES string of the molecule is CCOC1C(=O)C=CC=C1C(=O)O. The maximum absolute atomic E-state index is 11.2. The largest absolute Gasteiger partial charge is 0.478 e. The first-order valence-corrected chi connectivity index (χ1v) is 3.93. The molecule has 0 fully saturated rings. The predicted molar refractivity (Wildman–Crippen MR) is 45.3 cm³/mol. The lowest BCUT2D eigenvalue weighted by atomic mass is 10.0. The summed E-state index contributed by atoms with van der Waals surface area (Å²) in [5.41, 5.74) is -0.00523. The molecule has 0 aromatic heterocycles. The van der Waals surface area contributed by atoms with Crippen molar-refractivity contribution in [2.75, 3.05) is 6.61 Å². The quantitative estimate of drug-likeness (QED) is 0.692. The number of aliphatic carboxylic acids is 1. The Morgan fingerprint density at radius 2 is 2.38 bits per heavy atom. The van der Waals surface area contributed by atoms with Crippen molar-refractivity contribution in [3.05, 3.63) is 23.8 Å². The lowest BCUT2D eigenvalue weighted by Crippen LogP contribution is -2.30. The monoisotopic (exact) mass is 182 g/mol. The van der Waals surface area contributed by atoms with E-state index in [1.165, 1.54) is 18.2 Å². The van der Waals surface area contributed by atoms with E-state index in [0.717, 1.165) is 0 Å². The van der Waals surface area contributed by atoms with Gasteiger partial charge in [0.1, 0.15) is 0 Å². The van der Waals surface area contributed by atoms with Crippen molar-refractivity contribution in [2.24, 2.45) is 0 Å². The predicted octanol–water partition coefficient (Wildman–Crippen LogP) is 0.541. The standard InChI is InChI=1S/C9H10O4/c1-2-13-8-6(9(11)12)4-3-5-7(8)10/h3-5,8H,2H2,1H3,(H,11,12). The van der Waals surface area contributed by atoms with Crippen LogP contribution in [0.15, 0.2) is 23.8 Å². The van der Waals surface area contributed by atoms with E-state index in [4.69, 9.17) is 9.84 Å². The molecule has 13 heavy (non-hydrogen) atoms. The van der Waals surface area contributed by atoms with Crippen LogP contribution in [0.1, 0.15) is 6.92 Å². The first-order chi connectivity index (χ1) is 6.16. The molecule has 0 radical (unpaired) electrons. The summed E-state index contributed by atoms with van der Waals surface area (Å²) in [6.45, 7) is 2.03. The van der Waals surface area contributed by atoms with Gasteiger partial charge < -0.3 is 9.84 Å². The summed E-state index contributed by atoms with van der Waals surface area (Å²) in [6, 6.07) is 0. The van der Waals surface area contributed by atoms with Crippen LogP contribution in [-0.4, -0.2) is 29.6 Å². The fraction of sp³-hybridized carbons (Fsp3) is 0.333. The highest BCUT2D eigenvalue weighted by Gasteiger charge is 2.27. The van der Waals surface area contributed by atoms with Crippen LogP contribution in [0, 0.1) is 0 Å². The molecule has 1 aliphatic carbocycles. The molecule has 70 valence electrons. The van der Waals surface area contributed by atoms with Crippen molar-refractivity contribution in [1.82, 2.24) is 0 Å². The minimum atomic E-state index is -1.11. The van der Waals surface area contributed by atoms with Crippen LogP contribution in [0.2, 0.25) is 0 Å². The summed E-state index contributed by atoms with van der Waals surface area (Å²) in [4.78, 5) is 21.8. The number of hydrogen-bond donors (Lipinski definition) is 1. The molecule has 1 aliphatic rings. The first-order valence-electron chi connectivity index (χ1n) is 3.93. The molecule has 1 unspecified atom stereocenters. The second kappa shape index (κ2) is 4.00. The molecule has 0 aromatic rings. The van der Waals surface area contributed by atoms with E-state index < -0.39 is 12.1 Å². The highest BCUT2D eigenvalue weighted by Crippen LogP contribution is 2.14. The number of carboxylic acid groups (broad SMARTS) is 1. The smallest absolute Gasteiger partial charge is 0.334 e. The molecule has 0 bridgehead atoms. The Labute approximate surface area is 75.5 Å². The summed E-state index contributed by atoms with van der Waals surface area (Å²) in [7, 11) is 0. The van der Waals surface area contributed by atoms with Crippen LogP contribution in [0.4, 0.5) is 0 Å². The van der Waals surface area contributed by atoms with E-state index in [1.54, 1.807) is 6.92 Å². The zero-order valence-corrected chi connectivity index (χ0v) is 7.19. The van der Waals surface area contributed by atoms with E-state index in [2.05, 4.69) is 0 Å². The molecule has 0 aromatic carbocycles. The molecule has 0 aliphatic heterocycles. The molecule has 4 nitrogen and oxygen atoms in total. The van der Waals surface area contributed by atoms with Crippen molar-refractivity contribution in [2.45, 2.75) is 13.0 Å². The number of carboxylic acids is 1. The fourth-order valence-electron chi connectivity index (χ4n) is 1.10. The van der Waals surface area contributed by atoms with Crippen LogP contribution in [0.25, 0.3) is 0 Å². The number of carbonyl (C=O) groups is 2. The number of carbonyl (C=O) groups excluding carboxylic acids is 1. The molecule has 0 saturated heterocycles. The molecule has 1 N–H and O–H groups in total. The Morgan fingerprint density at radius 1 is 1.69 bits per heavy atom. The Kier molecular flexibility index (Phi) is 2.97. The highest BCUT2D eigenvalue weighted by molar-refractivity contribution is 6.05. The summed E-state index contributed by atoms with van der Waals surface area (Å²) in [5.74, 6) is -1.43. The molecule has 1 rings (SSSR count). The second-order valence-electron chi connectivity index (χ2n) is 2.52. The summed E-state index contributed by atoms with van der Waals surface area (Å²) >= 11 is 0. The third kappa shape index (κ3) is 2.03. The van der Waals surface area contributed by atoms with Crippen molar-refractivity contribution in [3.8, 4) is 0 Å². The first kappa shape index (κ1) is 9.67. The lowest BCUT2D eigenvalue weighted by molar-refractivity contribution is -0.137. The lowest BCUT2D eigenvalue weighted by Gasteiger charge is -2.16.